The van der Waals surface area contributed by atoms with Crippen LogP contribution in [0.25, 0.3) is 5.65 Å². The Bertz CT molecular complexity index is 1000. The number of hydrogen-bond acceptors (Lipinski definition) is 4. The summed E-state index contributed by atoms with van der Waals surface area (Å²) in [6.07, 6.45) is 1.93. The van der Waals surface area contributed by atoms with E-state index in [2.05, 4.69) is 10.1 Å². The molecule has 1 saturated heterocycles. The van der Waals surface area contributed by atoms with Gasteiger partial charge in [0, 0.05) is 30.8 Å². The molecule has 4 rings (SSSR count). The van der Waals surface area contributed by atoms with E-state index in [0.717, 1.165) is 30.8 Å². The second kappa shape index (κ2) is 7.58. The zero-order chi connectivity index (χ0) is 19.7. The molecule has 1 fully saturated rings. The SMILES string of the molecule is Cc1cc2nc(C(=O)N3CCC[C@@H](COc4ccc(F)cc4)C3)cc(C)n2n1. The first-order valence-electron chi connectivity index (χ1n) is 9.51. The largest absolute Gasteiger partial charge is 0.493 e. The normalized spacial score (nSPS) is 17.1. The predicted octanol–water partition coefficient (Wildman–Crippen LogP) is 3.42. The topological polar surface area (TPSA) is 59.7 Å². The molecule has 0 radical (unpaired) electrons. The molecule has 1 aromatic carbocycles. The molecule has 6 nitrogen and oxygen atoms in total. The number of carbonyl (C=O) groups excluding carboxylic acids is 1. The summed E-state index contributed by atoms with van der Waals surface area (Å²) in [4.78, 5) is 19.4. The van der Waals surface area contributed by atoms with Gasteiger partial charge in [0.15, 0.2) is 5.65 Å². The van der Waals surface area contributed by atoms with Gasteiger partial charge in [-0.25, -0.2) is 13.9 Å². The minimum atomic E-state index is -0.282. The lowest BCUT2D eigenvalue weighted by Crippen LogP contribution is -2.42. The Morgan fingerprint density at radius 2 is 2.04 bits per heavy atom. The summed E-state index contributed by atoms with van der Waals surface area (Å²) >= 11 is 0. The average Bonchev–Trinajstić information content (AvgIpc) is 3.08. The summed E-state index contributed by atoms with van der Waals surface area (Å²) in [5, 5.41) is 4.39. The van der Waals surface area contributed by atoms with E-state index in [4.69, 9.17) is 4.74 Å². The third-order valence-corrected chi connectivity index (χ3v) is 5.05. The molecule has 7 heteroatoms. The fraction of sp³-hybridized carbons (Fsp3) is 0.381. The van der Waals surface area contributed by atoms with Crippen LogP contribution in [0.5, 0.6) is 5.75 Å². The molecule has 28 heavy (non-hydrogen) atoms. The van der Waals surface area contributed by atoms with Gasteiger partial charge in [-0.1, -0.05) is 0 Å². The summed E-state index contributed by atoms with van der Waals surface area (Å²) in [6, 6.07) is 9.68. The first kappa shape index (κ1) is 18.4. The lowest BCUT2D eigenvalue weighted by Gasteiger charge is -2.32. The highest BCUT2D eigenvalue weighted by molar-refractivity contribution is 5.93. The number of ether oxygens (including phenoxy) is 1. The number of benzene rings is 1. The van der Waals surface area contributed by atoms with Crippen molar-refractivity contribution < 1.29 is 13.9 Å². The number of likely N-dealkylation sites (tertiary alicyclic amines) is 1. The number of halogens is 1. The van der Waals surface area contributed by atoms with Crippen molar-refractivity contribution in [3.05, 3.63) is 59.3 Å². The number of carbonyl (C=O) groups is 1. The number of piperidine rings is 1. The number of aromatic nitrogens is 3. The van der Waals surface area contributed by atoms with Gasteiger partial charge in [0.25, 0.3) is 5.91 Å². The van der Waals surface area contributed by atoms with Crippen LogP contribution in [0.3, 0.4) is 0 Å². The second-order valence-corrected chi connectivity index (χ2v) is 7.36. The van der Waals surface area contributed by atoms with E-state index >= 15 is 0 Å². The van der Waals surface area contributed by atoms with Gasteiger partial charge in [0.2, 0.25) is 0 Å². The number of aryl methyl sites for hydroxylation is 2. The molecular formula is C21H23FN4O2. The van der Waals surface area contributed by atoms with E-state index in [9.17, 15) is 9.18 Å². The highest BCUT2D eigenvalue weighted by Crippen LogP contribution is 2.21. The van der Waals surface area contributed by atoms with Crippen molar-refractivity contribution in [3.8, 4) is 5.75 Å². The Morgan fingerprint density at radius 3 is 2.82 bits per heavy atom. The summed E-state index contributed by atoms with van der Waals surface area (Å²) in [7, 11) is 0. The Hall–Kier alpha value is -2.96. The zero-order valence-corrected chi connectivity index (χ0v) is 16.1. The quantitative estimate of drug-likeness (QED) is 0.694. The summed E-state index contributed by atoms with van der Waals surface area (Å²) in [5.74, 6) is 0.541. The number of nitrogens with zero attached hydrogens (tertiary/aromatic N) is 4. The van der Waals surface area contributed by atoms with Crippen molar-refractivity contribution in [3.63, 3.8) is 0 Å². The third-order valence-electron chi connectivity index (χ3n) is 5.05. The predicted molar refractivity (Wildman–Crippen MR) is 103 cm³/mol. The van der Waals surface area contributed by atoms with Gasteiger partial charge >= 0.3 is 0 Å². The van der Waals surface area contributed by atoms with Crippen LogP contribution in [-0.4, -0.2) is 45.1 Å². The van der Waals surface area contributed by atoms with Gasteiger partial charge in [0.1, 0.15) is 17.3 Å². The minimum absolute atomic E-state index is 0.0593. The van der Waals surface area contributed by atoms with Crippen molar-refractivity contribution in [2.75, 3.05) is 19.7 Å². The number of rotatable bonds is 4. The van der Waals surface area contributed by atoms with Crippen molar-refractivity contribution in [2.24, 2.45) is 5.92 Å². The van der Waals surface area contributed by atoms with Gasteiger partial charge in [0.05, 0.1) is 12.3 Å². The molecule has 3 aromatic rings. The summed E-state index contributed by atoms with van der Waals surface area (Å²) in [6.45, 7) is 5.68. The molecule has 1 atom stereocenters. The Balaban J connectivity index is 1.43. The number of fused-ring (bicyclic) bond motifs is 1. The van der Waals surface area contributed by atoms with Crippen LogP contribution in [0, 0.1) is 25.6 Å². The maximum atomic E-state index is 13.0. The van der Waals surface area contributed by atoms with Crippen LogP contribution < -0.4 is 4.74 Å². The van der Waals surface area contributed by atoms with Crippen molar-refractivity contribution >= 4 is 11.6 Å². The van der Waals surface area contributed by atoms with Gasteiger partial charge in [-0.05, 0) is 57.0 Å². The van der Waals surface area contributed by atoms with Gasteiger partial charge in [-0.15, -0.1) is 0 Å². The van der Waals surface area contributed by atoms with E-state index in [1.807, 2.05) is 24.8 Å². The molecule has 0 N–H and O–H groups in total. The molecule has 0 spiro atoms. The second-order valence-electron chi connectivity index (χ2n) is 7.36. The van der Waals surface area contributed by atoms with E-state index in [1.165, 1.54) is 12.1 Å². The number of amides is 1. The molecule has 0 saturated carbocycles. The highest BCUT2D eigenvalue weighted by atomic mass is 19.1. The Morgan fingerprint density at radius 1 is 1.25 bits per heavy atom. The molecule has 146 valence electrons. The van der Waals surface area contributed by atoms with Crippen molar-refractivity contribution in [1.29, 1.82) is 0 Å². The fourth-order valence-electron chi connectivity index (χ4n) is 3.64. The molecule has 1 aliphatic heterocycles. The summed E-state index contributed by atoms with van der Waals surface area (Å²) < 4.78 is 20.5. The monoisotopic (exact) mass is 382 g/mol. The minimum Gasteiger partial charge on any atom is -0.493 e. The molecule has 0 bridgehead atoms. The van der Waals surface area contributed by atoms with Gasteiger partial charge < -0.3 is 9.64 Å². The smallest absolute Gasteiger partial charge is 0.272 e. The van der Waals surface area contributed by atoms with Crippen LogP contribution in [0.4, 0.5) is 4.39 Å². The standard InChI is InChI=1S/C21H23FN4O2/c1-14-10-20-23-19(11-15(2)26(20)24-14)21(27)25-9-3-4-16(12-25)13-28-18-7-5-17(22)6-8-18/h5-8,10-11,16H,3-4,9,12-13H2,1-2H3/t16-/m1/s1. The third kappa shape index (κ3) is 3.83. The first-order valence-corrected chi connectivity index (χ1v) is 9.51. The lowest BCUT2D eigenvalue weighted by atomic mass is 9.98. The average molecular weight is 382 g/mol. The lowest BCUT2D eigenvalue weighted by molar-refractivity contribution is 0.0627. The van der Waals surface area contributed by atoms with E-state index < -0.39 is 0 Å². The zero-order valence-electron chi connectivity index (χ0n) is 16.1. The van der Waals surface area contributed by atoms with E-state index in [0.29, 0.717) is 30.2 Å². The molecule has 2 aromatic heterocycles. The number of hydrogen-bond donors (Lipinski definition) is 0. The summed E-state index contributed by atoms with van der Waals surface area (Å²) in [5.41, 5.74) is 2.89. The van der Waals surface area contributed by atoms with Crippen molar-refractivity contribution in [2.45, 2.75) is 26.7 Å². The van der Waals surface area contributed by atoms with E-state index in [1.54, 1.807) is 22.7 Å². The van der Waals surface area contributed by atoms with E-state index in [-0.39, 0.29) is 17.6 Å². The maximum absolute atomic E-state index is 13.0. The van der Waals surface area contributed by atoms with Crippen molar-refractivity contribution in [1.82, 2.24) is 19.5 Å². The van der Waals surface area contributed by atoms with Gasteiger partial charge in [-0.2, -0.15) is 5.10 Å². The van der Waals surface area contributed by atoms with Crippen LogP contribution in [0.15, 0.2) is 36.4 Å². The Kier molecular flexibility index (Phi) is 4.98. The van der Waals surface area contributed by atoms with Crippen LogP contribution in [0.1, 0.15) is 34.7 Å². The van der Waals surface area contributed by atoms with Crippen LogP contribution in [0.2, 0.25) is 0 Å². The molecule has 3 heterocycles. The Labute approximate surface area is 162 Å². The van der Waals surface area contributed by atoms with Crippen LogP contribution >= 0.6 is 0 Å². The first-order chi connectivity index (χ1) is 13.5. The fourth-order valence-corrected chi connectivity index (χ4v) is 3.64. The molecule has 1 aliphatic rings. The maximum Gasteiger partial charge on any atom is 0.272 e. The van der Waals surface area contributed by atoms with Crippen LogP contribution in [-0.2, 0) is 0 Å². The highest BCUT2D eigenvalue weighted by Gasteiger charge is 2.26. The molecular weight excluding hydrogens is 359 g/mol. The van der Waals surface area contributed by atoms with Gasteiger partial charge in [-0.3, -0.25) is 4.79 Å². The molecule has 0 unspecified atom stereocenters. The molecule has 0 aliphatic carbocycles. The molecule has 1 amide bonds.